The Morgan fingerprint density at radius 2 is 0.881 bits per heavy atom. The number of hydrogen-bond donors (Lipinski definition) is 15. The minimum atomic E-state index is -5.97. The predicted octanol–water partition coefficient (Wildman–Crippen LogP) is -2.12. The number of aryl methyl sites for hydroxylation is 3. The summed E-state index contributed by atoms with van der Waals surface area (Å²) >= 11 is 20.7. The molecule has 62 nitrogen and oxygen atoms in total. The van der Waals surface area contributed by atoms with Gasteiger partial charge in [0.25, 0.3) is 27.8 Å². The second-order valence-electron chi connectivity index (χ2n) is 33.6. The van der Waals surface area contributed by atoms with Crippen LogP contribution in [0, 0.1) is 20.8 Å². The Morgan fingerprint density at radius 1 is 0.462 bits per heavy atom. The van der Waals surface area contributed by atoms with Crippen LogP contribution in [0.3, 0.4) is 0 Å². The predicted molar refractivity (Wildman–Crippen MR) is 494 cm³/mol. The molecule has 17 N–H and O–H groups in total. The van der Waals surface area contributed by atoms with E-state index in [1.807, 2.05) is 0 Å². The Labute approximate surface area is 820 Å². The molecule has 72 heteroatoms. The number of imidazole rings is 3. The molecule has 0 aliphatic carbocycles. The minimum Gasteiger partial charge on any atom is -0.394 e. The molecule has 17 rings (SSSR count). The lowest BCUT2D eigenvalue weighted by molar-refractivity contribution is -0.218. The van der Waals surface area contributed by atoms with Crippen LogP contribution in [0.5, 0.6) is 0 Å². The number of aliphatic hydroxyl groups is 1. The molecule has 0 spiro atoms. The van der Waals surface area contributed by atoms with Gasteiger partial charge in [0.1, 0.15) is 109 Å². The molecule has 8 aliphatic rings. The molecule has 8 saturated heterocycles. The molecule has 0 amide bonds. The average Bonchev–Trinajstić information content (AvgIpc) is 1.05. The molecule has 30 atom stereocenters. The van der Waals surface area contributed by atoms with Crippen molar-refractivity contribution in [2.45, 2.75) is 194 Å². The molecular formula is C71H95N21O41P6S4. The van der Waals surface area contributed by atoms with Crippen molar-refractivity contribution >= 4 is 141 Å². The van der Waals surface area contributed by atoms with Crippen LogP contribution >= 0.6 is 54.8 Å². The molecule has 0 aromatic carbocycles. The third kappa shape index (κ3) is 21.9. The first-order chi connectivity index (χ1) is 67.6. The van der Waals surface area contributed by atoms with Gasteiger partial charge < -0.3 is 126 Å². The largest absolute Gasteiger partial charge is 0.472 e. The van der Waals surface area contributed by atoms with Crippen molar-refractivity contribution in [2.24, 2.45) is 0 Å². The highest BCUT2D eigenvalue weighted by Crippen LogP contribution is 2.65. The second kappa shape index (κ2) is 41.8. The van der Waals surface area contributed by atoms with Gasteiger partial charge in [0.05, 0.1) is 109 Å². The van der Waals surface area contributed by atoms with E-state index in [1.165, 1.54) is 72.3 Å². The number of aromatic amines is 5. The van der Waals surface area contributed by atoms with E-state index in [4.69, 9.17) is 164 Å². The Balaban J connectivity index is 0.648. The zero-order chi connectivity index (χ0) is 103. The number of nitrogen functional groups attached to an aromatic ring is 3. The fourth-order valence-corrected chi connectivity index (χ4v) is 25.0. The monoisotopic (exact) mass is 2210 g/mol. The number of aromatic nitrogens is 18. The summed E-state index contributed by atoms with van der Waals surface area (Å²) in [4.78, 5) is 206. The van der Waals surface area contributed by atoms with Gasteiger partial charge in [-0.25, -0.2) is 53.0 Å². The number of hydrogen-bond acceptors (Lipinski definition) is 49. The van der Waals surface area contributed by atoms with Crippen molar-refractivity contribution < 1.29 is 154 Å². The summed E-state index contributed by atoms with van der Waals surface area (Å²) in [6.07, 6.45) is -27.4. The number of H-pyrrole nitrogens is 5. The van der Waals surface area contributed by atoms with E-state index in [9.17, 15) is 67.9 Å². The Kier molecular flexibility index (Phi) is 31.2. The molecular weight excluding hydrogens is 2120 g/mol. The lowest BCUT2D eigenvalue weighted by Gasteiger charge is -2.37. The van der Waals surface area contributed by atoms with E-state index in [-0.39, 0.29) is 88.8 Å². The highest BCUT2D eigenvalue weighted by atomic mass is 32.7. The summed E-state index contributed by atoms with van der Waals surface area (Å²) in [5.41, 5.74) is 5.52. The fraction of sp³-hybridized carbons (Fsp3) is 0.620. The number of phosphoric acid groups is 2. The first-order valence-electron chi connectivity index (χ1n) is 42.9. The minimum absolute atomic E-state index is 0.00517. The normalized spacial score (nSPS) is 32.1. The van der Waals surface area contributed by atoms with Gasteiger partial charge in [-0.05, 0) is 70.0 Å². The third-order valence-corrected chi connectivity index (χ3v) is 32.9. The molecule has 143 heavy (non-hydrogen) atoms. The summed E-state index contributed by atoms with van der Waals surface area (Å²) in [6, 6.07) is 0. The topological polar surface area (TPSA) is 807 Å². The van der Waals surface area contributed by atoms with Crippen LogP contribution in [-0.2, 0) is 160 Å². The highest BCUT2D eigenvalue weighted by Gasteiger charge is 2.72. The molecule has 4 bridgehead atoms. The molecule has 16 unspecified atom stereocenters. The second-order valence-corrected chi connectivity index (χ2v) is 47.8. The standard InChI is InChI=1S/C71H95N21O41P6S4/c1-28-15-87(67(99)84-56(28)94)39-13-33(128-136(106,140)112-8)36(122-39)19-115-137(107,141)129-34-14-40(88-16-29(2)57(95)85-68(88)100)123-37(34)20-116-139(109,143)133-51-49-64(92-27-79-43-55(92)81-66(74)83-60(43)98)127-71(51,32(5)121-49)23-119-135(104,105)132-50-48-63(89-17-30(3)58(96)86-69(89)101)126-70(50,31(4)120-48)22-118-134(102,103)130-45-38(125-62(47(45)114-12-10-111-7)91-26-78-42-54(91)80-65(73)82-59(42)97)21-117-138(108,142)131-44-35(18-93)124-61(46(44)113-11-9-110-6)90-25-77-41-52(72)75-24-76-53(41)90/h15-17,24-27,31-40,44-51,61-64,93H,9-14,18-23H2,1-8H3,(H,102,103)(H,104,105)(H,106,140)(H,107,141)(H,108,142)(H,109,143)(H2,72,75,76)(H,84,94,99)(H,85,95,100)(H,86,96,101)(H3,73,80,82,97)(H3,74,81,83,98)/t31-,32-,33?,34?,35+,36+,37+,38+,39+,40+,44?,45?,46-,47-,48-,49-,50?,51?,61?,62?,63?,64?,70-,71-,136?,137?,138?,139?/m0/s1. The van der Waals surface area contributed by atoms with Crippen molar-refractivity contribution in [3.63, 3.8) is 0 Å². The SMILES string of the molecule is COCCO[C@H]1C(OP(O)(=S)OC[C@H]2OC(n3cnc4c(=O)[nH]c(N)nc43)[C@@H](OCCOC)C2OP(=O)(O)OC[C@]23OC(n4cc(C)c(=O)[nH]c4=O)[C@@H](O[C@H]2C)C3OP(=O)(O)OC[C@]23OC(n4cnc5c(=O)[nH]c(N)nc54)[C@@H](O[C@H]2C)C3OP(=O)(S)OC[C@H]2O[C@@H](n3cc(C)c(=O)[nH]c3=O)CC2OP(O)(=S)OC[C@H]2O[C@@H](n3cc(C)c(=O)[nH]c3=O)CC2OP(O)(=S)OC)[C@@H](CO)OC1n1cnc2c(N)ncnc21. The fourth-order valence-electron chi connectivity index (χ4n) is 17.6. The molecule has 9 aromatic heterocycles. The molecule has 8 aliphatic heterocycles. The number of anilines is 3. The molecule has 9 aromatic rings. The van der Waals surface area contributed by atoms with Gasteiger partial charge in [-0.3, -0.25) is 108 Å². The van der Waals surface area contributed by atoms with Crippen molar-refractivity contribution in [2.75, 3.05) is 105 Å². The highest BCUT2D eigenvalue weighted by molar-refractivity contribution is 8.44. The van der Waals surface area contributed by atoms with E-state index in [1.54, 1.807) is 0 Å². The van der Waals surface area contributed by atoms with Crippen molar-refractivity contribution in [1.82, 2.24) is 87.2 Å². The van der Waals surface area contributed by atoms with Crippen LogP contribution in [0.15, 0.2) is 82.3 Å². The van der Waals surface area contributed by atoms with E-state index in [2.05, 4.69) is 72.1 Å². The average molecular weight is 2210 g/mol. The van der Waals surface area contributed by atoms with Crippen LogP contribution in [0.25, 0.3) is 33.5 Å². The summed E-state index contributed by atoms with van der Waals surface area (Å²) in [7, 11) is -8.12. The molecule has 8 fully saturated rings. The zero-order valence-corrected chi connectivity index (χ0v) is 84.3. The number of phosphoric ester groups is 2. The van der Waals surface area contributed by atoms with Gasteiger partial charge in [0.15, 0.2) is 58.7 Å². The maximum Gasteiger partial charge on any atom is 0.472 e. The van der Waals surface area contributed by atoms with Crippen molar-refractivity contribution in [1.29, 1.82) is 0 Å². The summed E-state index contributed by atoms with van der Waals surface area (Å²) < 4.78 is 199. The Morgan fingerprint density at radius 3 is 1.38 bits per heavy atom. The number of nitrogens with one attached hydrogen (secondary N) is 5. The molecule has 17 heterocycles. The summed E-state index contributed by atoms with van der Waals surface area (Å²) in [6.45, 7) is -18.5. The molecule has 0 saturated carbocycles. The van der Waals surface area contributed by atoms with E-state index in [0.29, 0.717) is 0 Å². The van der Waals surface area contributed by atoms with Gasteiger partial charge in [-0.15, -0.1) is 0 Å². The van der Waals surface area contributed by atoms with E-state index in [0.717, 1.165) is 55.0 Å². The number of nitrogens with zero attached hydrogens (tertiary/aromatic N) is 13. The quantitative estimate of drug-likeness (QED) is 0.0110. The maximum atomic E-state index is 15.5. The number of thiol groups is 1. The third-order valence-electron chi connectivity index (χ3n) is 24.5. The van der Waals surface area contributed by atoms with E-state index >= 15 is 13.7 Å². The van der Waals surface area contributed by atoms with Crippen LogP contribution < -0.4 is 62.1 Å². The number of rotatable bonds is 43. The first-order valence-corrected chi connectivity index (χ1v) is 56.3. The number of fused-ring (bicyclic) bond motifs is 7. The maximum absolute atomic E-state index is 15.5. The summed E-state index contributed by atoms with van der Waals surface area (Å²) in [5.74, 6) is -0.828. The Hall–Kier alpha value is -7.52. The van der Waals surface area contributed by atoms with Gasteiger partial charge in [-0.2, -0.15) is 9.97 Å². The van der Waals surface area contributed by atoms with E-state index < -0.39 is 292 Å². The van der Waals surface area contributed by atoms with Crippen LogP contribution in [-0.4, -0.2) is 313 Å². The molecule has 0 radical (unpaired) electrons. The number of aliphatic hydroxyl groups excluding tert-OH is 1. The van der Waals surface area contributed by atoms with Crippen LogP contribution in [0.1, 0.15) is 80.7 Å². The smallest absolute Gasteiger partial charge is 0.394 e. The number of methoxy groups -OCH3 is 2. The first kappa shape index (κ1) is 107. The van der Waals surface area contributed by atoms with Gasteiger partial charge in [-0.1, -0.05) is 12.2 Å². The van der Waals surface area contributed by atoms with Crippen LogP contribution in [0.4, 0.5) is 17.7 Å². The number of ether oxygens (including phenoxy) is 12. The zero-order valence-electron chi connectivity index (χ0n) is 75.6. The van der Waals surface area contributed by atoms with Crippen molar-refractivity contribution in [3.8, 4) is 0 Å². The van der Waals surface area contributed by atoms with Gasteiger partial charge in [0.2, 0.25) is 11.9 Å². The van der Waals surface area contributed by atoms with Gasteiger partial charge >= 0.3 is 59.7 Å². The van der Waals surface area contributed by atoms with Crippen LogP contribution in [0.2, 0.25) is 0 Å². The Bertz CT molecular complexity index is 7160. The lowest BCUT2D eigenvalue weighted by Crippen LogP contribution is -2.51. The summed E-state index contributed by atoms with van der Waals surface area (Å²) in [5, 5.41) is 10.8. The number of nitrogens with two attached hydrogens (primary N) is 3. The lowest BCUT2D eigenvalue weighted by atomic mass is 9.94. The molecule has 784 valence electrons. The van der Waals surface area contributed by atoms with Gasteiger partial charge in [0, 0.05) is 69.5 Å². The van der Waals surface area contributed by atoms with Crippen molar-refractivity contribution in [3.05, 3.63) is 144 Å².